The quantitative estimate of drug-likeness (QED) is 0.416. The highest BCUT2D eigenvalue weighted by Crippen LogP contribution is 2.19. The number of carbonyl (C=O) groups excluding carboxylic acids is 1. The van der Waals surface area contributed by atoms with Crippen LogP contribution in [0.5, 0.6) is 0 Å². The first-order chi connectivity index (χ1) is 7.33. The number of carbonyl (C=O) groups is 1. The summed E-state index contributed by atoms with van der Waals surface area (Å²) in [4.78, 5) is 10.8. The van der Waals surface area contributed by atoms with Gasteiger partial charge in [-0.15, -0.1) is 6.42 Å². The van der Waals surface area contributed by atoms with E-state index in [4.69, 9.17) is 15.9 Å². The van der Waals surface area contributed by atoms with Crippen LogP contribution in [-0.2, 0) is 9.47 Å². The Bertz CT molecular complexity index is 365. The lowest BCUT2D eigenvalue weighted by molar-refractivity contribution is -0.0535. The van der Waals surface area contributed by atoms with Gasteiger partial charge in [0.1, 0.15) is 19.2 Å². The third kappa shape index (κ3) is 2.91. The summed E-state index contributed by atoms with van der Waals surface area (Å²) in [6.45, 7) is 0.0993. The third-order valence-corrected chi connectivity index (χ3v) is 1.91. The molecule has 0 spiro atoms. The summed E-state index contributed by atoms with van der Waals surface area (Å²) in [6, 6.07) is 7.05. The highest BCUT2D eigenvalue weighted by molar-refractivity contribution is 5.77. The lowest BCUT2D eigenvalue weighted by Crippen LogP contribution is -2.07. The summed E-state index contributed by atoms with van der Waals surface area (Å²) >= 11 is 0. The van der Waals surface area contributed by atoms with Crippen molar-refractivity contribution in [1.82, 2.24) is 0 Å². The maximum atomic E-state index is 10.8. The molecule has 1 rings (SSSR count). The number of ether oxygens (including phenoxy) is 2. The van der Waals surface area contributed by atoms with E-state index in [1.54, 1.807) is 18.2 Å². The van der Waals surface area contributed by atoms with E-state index in [9.17, 15) is 4.79 Å². The fourth-order valence-electron chi connectivity index (χ4n) is 1.22. The van der Waals surface area contributed by atoms with Gasteiger partial charge in [0.25, 0.3) is 0 Å². The third-order valence-electron chi connectivity index (χ3n) is 1.91. The van der Waals surface area contributed by atoms with Crippen LogP contribution in [0.2, 0.25) is 0 Å². The monoisotopic (exact) mass is 204 g/mol. The molecule has 0 heterocycles. The maximum absolute atomic E-state index is 10.8. The van der Waals surface area contributed by atoms with Crippen molar-refractivity contribution in [3.63, 3.8) is 0 Å². The molecule has 78 valence electrons. The van der Waals surface area contributed by atoms with Crippen molar-refractivity contribution in [3.05, 3.63) is 35.4 Å². The van der Waals surface area contributed by atoms with Crippen LogP contribution in [0.4, 0.5) is 0 Å². The summed E-state index contributed by atoms with van der Waals surface area (Å²) in [5, 5.41) is 0. The molecule has 3 nitrogen and oxygen atoms in total. The Morgan fingerprint density at radius 3 is 2.87 bits per heavy atom. The van der Waals surface area contributed by atoms with Gasteiger partial charge in [-0.2, -0.15) is 0 Å². The Balaban J connectivity index is 2.91. The number of aldehydes is 1. The molecule has 1 unspecified atom stereocenters. The van der Waals surface area contributed by atoms with Crippen LogP contribution in [0.3, 0.4) is 0 Å². The molecule has 0 aliphatic rings. The van der Waals surface area contributed by atoms with Crippen molar-refractivity contribution < 1.29 is 14.3 Å². The van der Waals surface area contributed by atoms with Gasteiger partial charge in [-0.05, 0) is 0 Å². The molecular weight excluding hydrogens is 192 g/mol. The molecular formula is C12H12O3. The van der Waals surface area contributed by atoms with Crippen LogP contribution >= 0.6 is 0 Å². The smallest absolute Gasteiger partial charge is 0.150 e. The molecule has 0 aromatic heterocycles. The Kier molecular flexibility index (Phi) is 4.55. The van der Waals surface area contributed by atoms with Crippen LogP contribution < -0.4 is 0 Å². The SMILES string of the molecule is C#CC(OCOC)c1ccccc1C=O. The summed E-state index contributed by atoms with van der Waals surface area (Å²) in [6.07, 6.45) is 5.53. The van der Waals surface area contributed by atoms with Gasteiger partial charge in [0.15, 0.2) is 0 Å². The molecule has 3 heteroatoms. The molecule has 0 radical (unpaired) electrons. The van der Waals surface area contributed by atoms with Crippen LogP contribution in [0.25, 0.3) is 0 Å². The first kappa shape index (κ1) is 11.4. The Labute approximate surface area is 89.0 Å². The number of benzene rings is 1. The van der Waals surface area contributed by atoms with Crippen molar-refractivity contribution in [1.29, 1.82) is 0 Å². The largest absolute Gasteiger partial charge is 0.359 e. The number of methoxy groups -OCH3 is 1. The van der Waals surface area contributed by atoms with Crippen LogP contribution in [0.1, 0.15) is 22.0 Å². The molecule has 0 saturated carbocycles. The normalized spacial score (nSPS) is 11.7. The van der Waals surface area contributed by atoms with Crippen molar-refractivity contribution >= 4 is 6.29 Å². The zero-order valence-electron chi connectivity index (χ0n) is 8.47. The minimum atomic E-state index is -0.550. The Morgan fingerprint density at radius 1 is 1.53 bits per heavy atom. The Hall–Kier alpha value is -1.63. The molecule has 1 atom stereocenters. The first-order valence-electron chi connectivity index (χ1n) is 4.44. The molecule has 0 fully saturated rings. The molecule has 0 aliphatic heterocycles. The second kappa shape index (κ2) is 5.97. The summed E-state index contributed by atoms with van der Waals surface area (Å²) in [5.74, 6) is 2.47. The van der Waals surface area contributed by atoms with Gasteiger partial charge < -0.3 is 9.47 Å². The van der Waals surface area contributed by atoms with Gasteiger partial charge >= 0.3 is 0 Å². The number of rotatable bonds is 5. The van der Waals surface area contributed by atoms with Gasteiger partial charge in [-0.3, -0.25) is 4.79 Å². The van der Waals surface area contributed by atoms with E-state index in [2.05, 4.69) is 5.92 Å². The fraction of sp³-hybridized carbons (Fsp3) is 0.250. The lowest BCUT2D eigenvalue weighted by atomic mass is 10.0. The number of terminal acetylenes is 1. The number of hydrogen-bond acceptors (Lipinski definition) is 3. The molecule has 0 amide bonds. The summed E-state index contributed by atoms with van der Waals surface area (Å²) in [7, 11) is 1.51. The van der Waals surface area contributed by atoms with Gasteiger partial charge in [-0.25, -0.2) is 0 Å². The molecule has 0 N–H and O–H groups in total. The predicted octanol–water partition coefficient (Wildman–Crippen LogP) is 1.79. The first-order valence-corrected chi connectivity index (χ1v) is 4.44. The van der Waals surface area contributed by atoms with E-state index in [0.29, 0.717) is 11.1 Å². The number of hydrogen-bond donors (Lipinski definition) is 0. The average molecular weight is 204 g/mol. The van der Waals surface area contributed by atoms with E-state index < -0.39 is 6.10 Å². The second-order valence-electron chi connectivity index (χ2n) is 2.87. The van der Waals surface area contributed by atoms with E-state index >= 15 is 0 Å². The molecule has 0 bridgehead atoms. The molecule has 0 aliphatic carbocycles. The summed E-state index contributed by atoms with van der Waals surface area (Å²) < 4.78 is 10.0. The second-order valence-corrected chi connectivity index (χ2v) is 2.87. The fourth-order valence-corrected chi connectivity index (χ4v) is 1.22. The highest BCUT2D eigenvalue weighted by atomic mass is 16.7. The standard InChI is InChI=1S/C12H12O3/c1-3-12(15-9-14-2)11-7-5-4-6-10(11)8-13/h1,4-8,12H,9H2,2H3. The molecule has 15 heavy (non-hydrogen) atoms. The zero-order chi connectivity index (χ0) is 11.1. The van der Waals surface area contributed by atoms with Crippen molar-refractivity contribution in [2.75, 3.05) is 13.9 Å². The van der Waals surface area contributed by atoms with E-state index in [1.165, 1.54) is 7.11 Å². The zero-order valence-corrected chi connectivity index (χ0v) is 8.47. The average Bonchev–Trinajstić information content (AvgIpc) is 2.30. The van der Waals surface area contributed by atoms with Crippen LogP contribution in [0, 0.1) is 12.3 Å². The van der Waals surface area contributed by atoms with Crippen molar-refractivity contribution in [3.8, 4) is 12.3 Å². The topological polar surface area (TPSA) is 35.5 Å². The van der Waals surface area contributed by atoms with Gasteiger partial charge in [-0.1, -0.05) is 30.2 Å². The molecule has 1 aromatic carbocycles. The van der Waals surface area contributed by atoms with Crippen molar-refractivity contribution in [2.24, 2.45) is 0 Å². The lowest BCUT2D eigenvalue weighted by Gasteiger charge is -2.13. The predicted molar refractivity (Wildman–Crippen MR) is 56.4 cm³/mol. The van der Waals surface area contributed by atoms with Gasteiger partial charge in [0, 0.05) is 18.2 Å². The maximum Gasteiger partial charge on any atom is 0.150 e. The minimum Gasteiger partial charge on any atom is -0.359 e. The van der Waals surface area contributed by atoms with E-state index in [-0.39, 0.29) is 6.79 Å². The Morgan fingerprint density at radius 2 is 2.27 bits per heavy atom. The van der Waals surface area contributed by atoms with Crippen molar-refractivity contribution in [2.45, 2.75) is 6.10 Å². The van der Waals surface area contributed by atoms with Gasteiger partial charge in [0.2, 0.25) is 0 Å². The summed E-state index contributed by atoms with van der Waals surface area (Å²) in [5.41, 5.74) is 1.23. The van der Waals surface area contributed by atoms with Crippen LogP contribution in [-0.4, -0.2) is 20.2 Å². The van der Waals surface area contributed by atoms with Gasteiger partial charge in [0.05, 0.1) is 0 Å². The van der Waals surface area contributed by atoms with E-state index in [0.717, 1.165) is 6.29 Å². The van der Waals surface area contributed by atoms with E-state index in [1.807, 2.05) is 6.07 Å². The minimum absolute atomic E-state index is 0.0993. The molecule has 0 saturated heterocycles. The molecule has 1 aromatic rings. The highest BCUT2D eigenvalue weighted by Gasteiger charge is 2.12. The van der Waals surface area contributed by atoms with Crippen LogP contribution in [0.15, 0.2) is 24.3 Å².